The predicted octanol–water partition coefficient (Wildman–Crippen LogP) is 5.05. The SMILES string of the molecule is CC(C)(C)c1ccc(CN2CCC(c3nc4ccccc4n3CCN3CCOCC3)CC2)cc1. The Labute approximate surface area is 204 Å². The second-order valence-corrected chi connectivity index (χ2v) is 11.1. The lowest BCUT2D eigenvalue weighted by Gasteiger charge is -2.32. The van der Waals surface area contributed by atoms with Crippen LogP contribution in [0.4, 0.5) is 0 Å². The van der Waals surface area contributed by atoms with Gasteiger partial charge in [-0.15, -0.1) is 0 Å². The van der Waals surface area contributed by atoms with Crippen LogP contribution in [0, 0.1) is 0 Å². The van der Waals surface area contributed by atoms with Crippen LogP contribution in [0.2, 0.25) is 0 Å². The molecule has 0 atom stereocenters. The Morgan fingerprint density at radius 2 is 1.56 bits per heavy atom. The molecular weight excluding hydrogens is 420 g/mol. The number of hydrogen-bond donors (Lipinski definition) is 0. The Hall–Kier alpha value is -2.21. The van der Waals surface area contributed by atoms with Gasteiger partial charge in [0.2, 0.25) is 0 Å². The van der Waals surface area contributed by atoms with Gasteiger partial charge in [0.05, 0.1) is 24.2 Å². The molecule has 0 aliphatic carbocycles. The van der Waals surface area contributed by atoms with Gasteiger partial charge in [-0.1, -0.05) is 57.2 Å². The molecule has 0 bridgehead atoms. The number of piperidine rings is 1. The standard InChI is InChI=1S/C29H40N4O/c1-29(2,3)25-10-8-23(9-11-25)22-32-14-12-24(13-15-32)28-30-26-6-4-5-7-27(26)33(28)17-16-31-18-20-34-21-19-31/h4-11,24H,12-22H2,1-3H3. The lowest BCUT2D eigenvalue weighted by atomic mass is 9.86. The second-order valence-electron chi connectivity index (χ2n) is 11.1. The summed E-state index contributed by atoms with van der Waals surface area (Å²) in [4.78, 5) is 10.3. The summed E-state index contributed by atoms with van der Waals surface area (Å²) in [6, 6.07) is 17.9. The number of rotatable bonds is 6. The molecule has 0 radical (unpaired) electrons. The van der Waals surface area contributed by atoms with Crippen LogP contribution in [-0.2, 0) is 23.2 Å². The molecule has 2 aliphatic rings. The van der Waals surface area contributed by atoms with Gasteiger partial charge in [-0.25, -0.2) is 4.98 Å². The van der Waals surface area contributed by atoms with E-state index in [0.717, 1.165) is 64.5 Å². The third kappa shape index (κ3) is 5.37. The number of para-hydroxylation sites is 2. The fourth-order valence-electron chi connectivity index (χ4n) is 5.42. The van der Waals surface area contributed by atoms with Crippen molar-refractivity contribution in [3.8, 4) is 0 Å². The number of imidazole rings is 1. The van der Waals surface area contributed by atoms with Crippen molar-refractivity contribution in [2.24, 2.45) is 0 Å². The third-order valence-electron chi connectivity index (χ3n) is 7.61. The van der Waals surface area contributed by atoms with Crippen molar-refractivity contribution in [3.63, 3.8) is 0 Å². The van der Waals surface area contributed by atoms with E-state index < -0.39 is 0 Å². The van der Waals surface area contributed by atoms with E-state index in [0.29, 0.717) is 5.92 Å². The zero-order valence-corrected chi connectivity index (χ0v) is 21.2. The highest BCUT2D eigenvalue weighted by Crippen LogP contribution is 2.31. The molecule has 0 unspecified atom stereocenters. The molecule has 3 heterocycles. The molecule has 2 aliphatic heterocycles. The van der Waals surface area contributed by atoms with Crippen LogP contribution >= 0.6 is 0 Å². The molecular formula is C29H40N4O. The predicted molar refractivity (Wildman–Crippen MR) is 139 cm³/mol. The molecule has 0 spiro atoms. The quantitative estimate of drug-likeness (QED) is 0.516. The second kappa shape index (κ2) is 10.2. The van der Waals surface area contributed by atoms with E-state index in [2.05, 4.69) is 83.7 Å². The Morgan fingerprint density at radius 1 is 0.853 bits per heavy atom. The molecule has 5 heteroatoms. The Balaban J connectivity index is 1.24. The third-order valence-corrected chi connectivity index (χ3v) is 7.61. The van der Waals surface area contributed by atoms with Gasteiger partial charge in [0.15, 0.2) is 0 Å². The maximum Gasteiger partial charge on any atom is 0.113 e. The number of benzene rings is 2. The highest BCUT2D eigenvalue weighted by molar-refractivity contribution is 5.76. The summed E-state index contributed by atoms with van der Waals surface area (Å²) in [5.74, 6) is 1.83. The van der Waals surface area contributed by atoms with Gasteiger partial charge in [0.25, 0.3) is 0 Å². The molecule has 1 aromatic heterocycles. The van der Waals surface area contributed by atoms with Gasteiger partial charge in [-0.2, -0.15) is 0 Å². The first-order valence-corrected chi connectivity index (χ1v) is 13.0. The molecule has 0 saturated carbocycles. The number of morpholine rings is 1. The number of ether oxygens (including phenoxy) is 1. The summed E-state index contributed by atoms with van der Waals surface area (Å²) in [6.07, 6.45) is 2.36. The van der Waals surface area contributed by atoms with E-state index in [9.17, 15) is 0 Å². The molecule has 0 N–H and O–H groups in total. The first-order valence-electron chi connectivity index (χ1n) is 13.0. The molecule has 5 rings (SSSR count). The van der Waals surface area contributed by atoms with Crippen LogP contribution in [0.1, 0.15) is 56.5 Å². The van der Waals surface area contributed by atoms with E-state index in [1.165, 1.54) is 35.3 Å². The Kier molecular flexibility index (Phi) is 7.05. The minimum absolute atomic E-state index is 0.212. The number of aromatic nitrogens is 2. The molecule has 2 fully saturated rings. The minimum Gasteiger partial charge on any atom is -0.379 e. The van der Waals surface area contributed by atoms with E-state index in [-0.39, 0.29) is 5.41 Å². The summed E-state index contributed by atoms with van der Waals surface area (Å²) in [5, 5.41) is 0. The van der Waals surface area contributed by atoms with Gasteiger partial charge in [0, 0.05) is 38.6 Å². The molecule has 2 aromatic carbocycles. The van der Waals surface area contributed by atoms with Crippen LogP contribution in [-0.4, -0.2) is 65.3 Å². The van der Waals surface area contributed by atoms with E-state index >= 15 is 0 Å². The number of nitrogens with zero attached hydrogens (tertiary/aromatic N) is 4. The summed E-state index contributed by atoms with van der Waals surface area (Å²) >= 11 is 0. The smallest absolute Gasteiger partial charge is 0.113 e. The lowest BCUT2D eigenvalue weighted by Crippen LogP contribution is -2.38. The summed E-state index contributed by atoms with van der Waals surface area (Å²) in [5.41, 5.74) is 5.47. The molecule has 2 saturated heterocycles. The average Bonchev–Trinajstić information content (AvgIpc) is 3.22. The van der Waals surface area contributed by atoms with Gasteiger partial charge >= 0.3 is 0 Å². The molecule has 0 amide bonds. The monoisotopic (exact) mass is 460 g/mol. The van der Waals surface area contributed by atoms with Crippen molar-refractivity contribution in [1.82, 2.24) is 19.4 Å². The van der Waals surface area contributed by atoms with Gasteiger partial charge < -0.3 is 9.30 Å². The van der Waals surface area contributed by atoms with Crippen LogP contribution < -0.4 is 0 Å². The van der Waals surface area contributed by atoms with Crippen LogP contribution in [0.5, 0.6) is 0 Å². The number of fused-ring (bicyclic) bond motifs is 1. The van der Waals surface area contributed by atoms with E-state index in [1.54, 1.807) is 0 Å². The van der Waals surface area contributed by atoms with Crippen LogP contribution in [0.15, 0.2) is 48.5 Å². The van der Waals surface area contributed by atoms with Crippen molar-refractivity contribution in [2.75, 3.05) is 45.9 Å². The lowest BCUT2D eigenvalue weighted by molar-refractivity contribution is 0.0363. The molecule has 34 heavy (non-hydrogen) atoms. The number of likely N-dealkylation sites (tertiary alicyclic amines) is 1. The number of hydrogen-bond acceptors (Lipinski definition) is 4. The molecule has 3 aromatic rings. The highest BCUT2D eigenvalue weighted by atomic mass is 16.5. The Morgan fingerprint density at radius 3 is 2.26 bits per heavy atom. The summed E-state index contributed by atoms with van der Waals surface area (Å²) in [6.45, 7) is 16.0. The van der Waals surface area contributed by atoms with Crippen LogP contribution in [0.25, 0.3) is 11.0 Å². The first-order chi connectivity index (χ1) is 16.5. The van der Waals surface area contributed by atoms with Crippen LogP contribution in [0.3, 0.4) is 0 Å². The summed E-state index contributed by atoms with van der Waals surface area (Å²) < 4.78 is 8.04. The van der Waals surface area contributed by atoms with Crippen molar-refractivity contribution in [1.29, 1.82) is 0 Å². The zero-order valence-electron chi connectivity index (χ0n) is 21.2. The van der Waals surface area contributed by atoms with E-state index in [4.69, 9.17) is 9.72 Å². The molecule has 182 valence electrons. The summed E-state index contributed by atoms with van der Waals surface area (Å²) in [7, 11) is 0. The normalized spacial score (nSPS) is 19.1. The highest BCUT2D eigenvalue weighted by Gasteiger charge is 2.26. The maximum atomic E-state index is 5.53. The van der Waals surface area contributed by atoms with Gasteiger partial charge in [-0.05, 0) is 54.6 Å². The van der Waals surface area contributed by atoms with Crippen molar-refractivity contribution in [2.45, 2.75) is 58.0 Å². The Bertz CT molecular complexity index is 1070. The minimum atomic E-state index is 0.212. The van der Waals surface area contributed by atoms with Crippen molar-refractivity contribution >= 4 is 11.0 Å². The largest absolute Gasteiger partial charge is 0.379 e. The van der Waals surface area contributed by atoms with Crippen molar-refractivity contribution < 1.29 is 4.74 Å². The average molecular weight is 461 g/mol. The molecule has 5 nitrogen and oxygen atoms in total. The van der Waals surface area contributed by atoms with Gasteiger partial charge in [-0.3, -0.25) is 9.80 Å². The van der Waals surface area contributed by atoms with Crippen molar-refractivity contribution in [3.05, 3.63) is 65.5 Å². The maximum absolute atomic E-state index is 5.53. The first kappa shape index (κ1) is 23.5. The van der Waals surface area contributed by atoms with Gasteiger partial charge in [0.1, 0.15) is 5.82 Å². The fraction of sp³-hybridized carbons (Fsp3) is 0.552. The zero-order chi connectivity index (χ0) is 23.5. The van der Waals surface area contributed by atoms with E-state index in [1.807, 2.05) is 0 Å². The topological polar surface area (TPSA) is 33.5 Å². The fourth-order valence-corrected chi connectivity index (χ4v) is 5.42.